The minimum atomic E-state index is -0.931. The number of rotatable bonds is 6. The van der Waals surface area contributed by atoms with Crippen LogP contribution in [0.1, 0.15) is 5.56 Å². The SMILES string of the molecule is CN1C(N2CCN(C[C@@H](N)Cc3ccncc3)CC2)=NC(N)=C(Sc2cccc(Cl)c2Cl)C1O. The molecule has 1 unspecified atom stereocenters. The van der Waals surface area contributed by atoms with Crippen molar-refractivity contribution in [2.24, 2.45) is 16.5 Å². The fourth-order valence-electron chi connectivity index (χ4n) is 4.09. The van der Waals surface area contributed by atoms with Crippen LogP contribution in [-0.4, -0.2) is 82.8 Å². The molecule has 2 aromatic rings. The van der Waals surface area contributed by atoms with Crippen LogP contribution in [0.25, 0.3) is 0 Å². The Morgan fingerprint density at radius 1 is 1.15 bits per heavy atom. The molecule has 0 radical (unpaired) electrons. The van der Waals surface area contributed by atoms with Crippen molar-refractivity contribution in [2.75, 3.05) is 39.8 Å². The Bertz CT molecular complexity index is 1060. The van der Waals surface area contributed by atoms with Crippen LogP contribution >= 0.6 is 35.0 Å². The van der Waals surface area contributed by atoms with Crippen molar-refractivity contribution < 1.29 is 5.11 Å². The number of aliphatic imine (C=N–C) groups is 1. The number of aromatic nitrogens is 1. The predicted octanol–water partition coefficient (Wildman–Crippen LogP) is 2.42. The number of hydrogen-bond acceptors (Lipinski definition) is 9. The van der Waals surface area contributed by atoms with Gasteiger partial charge in [-0.15, -0.1) is 0 Å². The minimum absolute atomic E-state index is 0.0574. The van der Waals surface area contributed by atoms with Crippen molar-refractivity contribution in [1.82, 2.24) is 19.7 Å². The summed E-state index contributed by atoms with van der Waals surface area (Å²) >= 11 is 13.7. The van der Waals surface area contributed by atoms with E-state index >= 15 is 0 Å². The van der Waals surface area contributed by atoms with Crippen molar-refractivity contribution >= 4 is 40.9 Å². The quantitative estimate of drug-likeness (QED) is 0.531. The number of nitrogens with two attached hydrogens (primary N) is 2. The molecule has 5 N–H and O–H groups in total. The first-order chi connectivity index (χ1) is 16.3. The van der Waals surface area contributed by atoms with Gasteiger partial charge in [0.2, 0.25) is 5.96 Å². The normalized spacial score (nSPS) is 20.5. The van der Waals surface area contributed by atoms with Gasteiger partial charge in [0.25, 0.3) is 0 Å². The Labute approximate surface area is 214 Å². The summed E-state index contributed by atoms with van der Waals surface area (Å²) in [5, 5.41) is 11.9. The molecule has 0 amide bonds. The van der Waals surface area contributed by atoms with Gasteiger partial charge in [0.1, 0.15) is 5.82 Å². The molecule has 0 spiro atoms. The van der Waals surface area contributed by atoms with Crippen molar-refractivity contribution in [3.05, 3.63) is 69.1 Å². The molecule has 4 rings (SSSR count). The Morgan fingerprint density at radius 2 is 1.85 bits per heavy atom. The summed E-state index contributed by atoms with van der Waals surface area (Å²) in [6.45, 7) is 4.08. The van der Waals surface area contributed by atoms with E-state index in [4.69, 9.17) is 34.7 Å². The van der Waals surface area contributed by atoms with Crippen molar-refractivity contribution in [2.45, 2.75) is 23.6 Å². The molecule has 0 bridgehead atoms. The number of halogens is 2. The van der Waals surface area contributed by atoms with E-state index in [0.717, 1.165) is 44.0 Å². The van der Waals surface area contributed by atoms with E-state index in [2.05, 4.69) is 19.8 Å². The van der Waals surface area contributed by atoms with Crippen LogP contribution in [0.2, 0.25) is 10.0 Å². The maximum Gasteiger partial charge on any atom is 0.205 e. The number of pyridine rings is 1. The van der Waals surface area contributed by atoms with Gasteiger partial charge in [0.15, 0.2) is 6.23 Å². The standard InChI is InChI=1S/C23H29Cl2N7OS/c1-30-22(33)20(34-18-4-2-3-17(24)19(18)25)21(27)29-23(30)32-11-9-31(10-12-32)14-16(26)13-15-5-7-28-8-6-15/h2-8,16,22,33H,9-14,26-27H2,1H3/t16-,22?/m0/s1. The number of guanidine groups is 1. The fraction of sp³-hybridized carbons (Fsp3) is 0.391. The molecule has 3 heterocycles. The van der Waals surface area contributed by atoms with Crippen LogP contribution < -0.4 is 11.5 Å². The van der Waals surface area contributed by atoms with E-state index in [-0.39, 0.29) is 11.9 Å². The molecule has 2 atom stereocenters. The molecule has 2 aliphatic heterocycles. The Balaban J connectivity index is 1.38. The van der Waals surface area contributed by atoms with Gasteiger partial charge in [0, 0.05) is 63.1 Å². The van der Waals surface area contributed by atoms with Gasteiger partial charge >= 0.3 is 0 Å². The van der Waals surface area contributed by atoms with Crippen LogP contribution in [0.15, 0.2) is 63.3 Å². The minimum Gasteiger partial charge on any atom is -0.383 e. The molecule has 1 aromatic carbocycles. The highest BCUT2D eigenvalue weighted by molar-refractivity contribution is 8.03. The number of piperazine rings is 1. The van der Waals surface area contributed by atoms with Gasteiger partial charge in [-0.3, -0.25) is 9.88 Å². The van der Waals surface area contributed by atoms with Gasteiger partial charge in [0.05, 0.1) is 15.0 Å². The van der Waals surface area contributed by atoms with Crippen molar-refractivity contribution in [3.8, 4) is 0 Å². The van der Waals surface area contributed by atoms with Crippen LogP contribution in [0.3, 0.4) is 0 Å². The van der Waals surface area contributed by atoms with Crippen LogP contribution in [-0.2, 0) is 6.42 Å². The number of benzene rings is 1. The third kappa shape index (κ3) is 5.79. The first-order valence-electron chi connectivity index (χ1n) is 11.1. The van der Waals surface area contributed by atoms with Gasteiger partial charge in [-0.25, -0.2) is 0 Å². The number of likely N-dealkylation sites (N-methyl/N-ethyl adjacent to an activating group) is 1. The molecule has 8 nitrogen and oxygen atoms in total. The predicted molar refractivity (Wildman–Crippen MR) is 139 cm³/mol. The maximum atomic E-state index is 11.0. The number of aliphatic hydroxyl groups excluding tert-OH is 1. The molecule has 2 aliphatic rings. The fourth-order valence-corrected chi connectivity index (χ4v) is 5.56. The third-order valence-corrected chi connectivity index (χ3v) is 8.05. The molecule has 1 saturated heterocycles. The first kappa shape index (κ1) is 25.1. The molecule has 1 aromatic heterocycles. The van der Waals surface area contributed by atoms with Crippen LogP contribution in [0, 0.1) is 0 Å². The second kappa shape index (κ2) is 11.2. The summed E-state index contributed by atoms with van der Waals surface area (Å²) in [4.78, 5) is 16.2. The van der Waals surface area contributed by atoms with Crippen LogP contribution in [0.5, 0.6) is 0 Å². The van der Waals surface area contributed by atoms with Gasteiger partial charge < -0.3 is 26.4 Å². The molecule has 1 fully saturated rings. The third-order valence-electron chi connectivity index (χ3n) is 5.92. The molecule has 0 aliphatic carbocycles. The summed E-state index contributed by atoms with van der Waals surface area (Å²) in [7, 11) is 1.81. The lowest BCUT2D eigenvalue weighted by Gasteiger charge is -2.42. The van der Waals surface area contributed by atoms with E-state index in [1.165, 1.54) is 17.3 Å². The highest BCUT2D eigenvalue weighted by atomic mass is 35.5. The molecular weight excluding hydrogens is 493 g/mol. The van der Waals surface area contributed by atoms with Crippen molar-refractivity contribution in [3.63, 3.8) is 0 Å². The van der Waals surface area contributed by atoms with Gasteiger partial charge in [-0.2, -0.15) is 4.99 Å². The Morgan fingerprint density at radius 3 is 2.56 bits per heavy atom. The topological polar surface area (TPSA) is 107 Å². The van der Waals surface area contributed by atoms with Crippen molar-refractivity contribution in [1.29, 1.82) is 0 Å². The second-order valence-corrected chi connectivity index (χ2v) is 10.3. The molecular formula is C23H29Cl2N7OS. The average Bonchev–Trinajstić information content (AvgIpc) is 2.83. The highest BCUT2D eigenvalue weighted by Crippen LogP contribution is 2.40. The van der Waals surface area contributed by atoms with E-state index in [1.54, 1.807) is 23.4 Å². The number of hydrogen-bond donors (Lipinski definition) is 3. The van der Waals surface area contributed by atoms with E-state index < -0.39 is 6.23 Å². The summed E-state index contributed by atoms with van der Waals surface area (Å²) < 4.78 is 0. The lowest BCUT2D eigenvalue weighted by Crippen LogP contribution is -2.57. The number of aliphatic hydroxyl groups is 1. The lowest BCUT2D eigenvalue weighted by atomic mass is 10.1. The summed E-state index contributed by atoms with van der Waals surface area (Å²) in [5.41, 5.74) is 13.9. The summed E-state index contributed by atoms with van der Waals surface area (Å²) in [5.74, 6) is 0.940. The molecule has 34 heavy (non-hydrogen) atoms. The average molecular weight is 523 g/mol. The molecule has 11 heteroatoms. The zero-order valence-electron chi connectivity index (χ0n) is 18.9. The zero-order valence-corrected chi connectivity index (χ0v) is 21.3. The lowest BCUT2D eigenvalue weighted by molar-refractivity contribution is 0.0861. The summed E-state index contributed by atoms with van der Waals surface area (Å²) in [6.07, 6.45) is 3.48. The largest absolute Gasteiger partial charge is 0.383 e. The monoisotopic (exact) mass is 521 g/mol. The van der Waals surface area contributed by atoms with Crippen LogP contribution in [0.4, 0.5) is 0 Å². The maximum absolute atomic E-state index is 11.0. The smallest absolute Gasteiger partial charge is 0.205 e. The number of nitrogens with zero attached hydrogens (tertiary/aromatic N) is 5. The number of thioether (sulfide) groups is 1. The van der Waals surface area contributed by atoms with Gasteiger partial charge in [-0.05, 0) is 36.2 Å². The first-order valence-corrected chi connectivity index (χ1v) is 12.6. The van der Waals surface area contributed by atoms with E-state index in [9.17, 15) is 5.11 Å². The highest BCUT2D eigenvalue weighted by Gasteiger charge is 2.32. The Hall–Kier alpha value is -2.01. The van der Waals surface area contributed by atoms with E-state index in [1.807, 2.05) is 31.3 Å². The van der Waals surface area contributed by atoms with E-state index in [0.29, 0.717) is 20.9 Å². The van der Waals surface area contributed by atoms with Gasteiger partial charge in [-0.1, -0.05) is 41.0 Å². The zero-order chi connectivity index (χ0) is 24.2. The summed E-state index contributed by atoms with van der Waals surface area (Å²) in [6, 6.07) is 9.43. The second-order valence-electron chi connectivity index (χ2n) is 8.41. The Kier molecular flexibility index (Phi) is 8.23. The molecule has 0 saturated carbocycles. The molecule has 182 valence electrons.